The maximum atomic E-state index is 2.45. The maximum absolute atomic E-state index is 2.45. The van der Waals surface area contributed by atoms with Crippen molar-refractivity contribution in [1.29, 1.82) is 0 Å². The summed E-state index contributed by atoms with van der Waals surface area (Å²) in [6, 6.07) is 54.4. The fourth-order valence-electron chi connectivity index (χ4n) is 9.26. The second-order valence-electron chi connectivity index (χ2n) is 14.1. The van der Waals surface area contributed by atoms with Gasteiger partial charge in [0.25, 0.3) is 0 Å². The van der Waals surface area contributed by atoms with Crippen LogP contribution in [-0.4, -0.2) is 9.13 Å². The van der Waals surface area contributed by atoms with Crippen molar-refractivity contribution in [1.82, 2.24) is 9.13 Å². The zero-order chi connectivity index (χ0) is 34.2. The largest absolute Gasteiger partial charge is 0.342 e. The van der Waals surface area contributed by atoms with Gasteiger partial charge in [0.05, 0.1) is 11.0 Å². The van der Waals surface area contributed by atoms with Gasteiger partial charge in [-0.2, -0.15) is 0 Å². The fourth-order valence-corrected chi connectivity index (χ4v) is 11.5. The fraction of sp³-hybridized carbons (Fsp3) is 0.0417. The molecule has 12 aromatic rings. The molecule has 4 heteroatoms. The number of hydrogen-bond donors (Lipinski definition) is 0. The van der Waals surface area contributed by atoms with Crippen LogP contribution < -0.4 is 0 Å². The minimum atomic E-state index is 1.25. The Balaban J connectivity index is 1.16. The van der Waals surface area contributed by atoms with Crippen molar-refractivity contribution < 1.29 is 0 Å². The molecule has 244 valence electrons. The van der Waals surface area contributed by atoms with Crippen LogP contribution >= 0.6 is 22.7 Å². The molecule has 0 atom stereocenters. The zero-order valence-electron chi connectivity index (χ0n) is 28.6. The van der Waals surface area contributed by atoms with Gasteiger partial charge < -0.3 is 9.13 Å². The van der Waals surface area contributed by atoms with Gasteiger partial charge in [-0.3, -0.25) is 0 Å². The molecule has 0 N–H and O–H groups in total. The number of fused-ring (bicyclic) bond motifs is 16. The lowest BCUT2D eigenvalue weighted by Crippen LogP contribution is -1.93. The molecule has 0 saturated heterocycles. The van der Waals surface area contributed by atoms with Crippen molar-refractivity contribution in [2.75, 3.05) is 0 Å². The molecule has 0 aliphatic rings. The van der Waals surface area contributed by atoms with Crippen LogP contribution in [0.5, 0.6) is 0 Å². The number of hydrogen-bond acceptors (Lipinski definition) is 2. The van der Waals surface area contributed by atoms with Crippen LogP contribution in [0, 0.1) is 0 Å². The number of thiophene rings is 2. The molecular formula is C48H30N2S2. The standard InChI is InChI=1S/C48H30N2S2/c1-49-37-25-27(29-15-9-19-41-43(29)35-13-5-7-17-39(35)51-41)21-23-33(37)45-31-11-3-4-12-32(31)46-34-24-22-28(26-38(34)50(2)48(46)47(45)49)30-16-10-20-42-44(30)36-14-6-8-18-40(36)52-42/h3-26H,1-2H3. The second kappa shape index (κ2) is 10.3. The summed E-state index contributed by atoms with van der Waals surface area (Å²) < 4.78 is 10.2. The van der Waals surface area contributed by atoms with E-state index in [-0.39, 0.29) is 0 Å². The molecule has 8 aromatic carbocycles. The first-order chi connectivity index (χ1) is 25.6. The van der Waals surface area contributed by atoms with Crippen LogP contribution in [0.4, 0.5) is 0 Å². The van der Waals surface area contributed by atoms with Crippen molar-refractivity contribution in [3.63, 3.8) is 0 Å². The van der Waals surface area contributed by atoms with E-state index in [1.54, 1.807) is 0 Å². The van der Waals surface area contributed by atoms with Crippen LogP contribution in [0.15, 0.2) is 146 Å². The first-order valence-electron chi connectivity index (χ1n) is 17.8. The molecule has 0 amide bonds. The molecule has 0 aliphatic heterocycles. The van der Waals surface area contributed by atoms with Crippen LogP contribution in [0.3, 0.4) is 0 Å². The summed E-state index contributed by atoms with van der Waals surface area (Å²) in [7, 11) is 4.52. The summed E-state index contributed by atoms with van der Waals surface area (Å²) in [5.74, 6) is 0. The average Bonchev–Trinajstić information content (AvgIpc) is 3.93. The average molecular weight is 699 g/mol. The Morgan fingerprint density at radius 2 is 0.750 bits per heavy atom. The number of benzene rings is 8. The van der Waals surface area contributed by atoms with Gasteiger partial charge >= 0.3 is 0 Å². The minimum Gasteiger partial charge on any atom is -0.342 e. The smallest absolute Gasteiger partial charge is 0.0742 e. The van der Waals surface area contributed by atoms with Gasteiger partial charge in [-0.25, -0.2) is 0 Å². The zero-order valence-corrected chi connectivity index (χ0v) is 30.2. The molecule has 4 heterocycles. The molecule has 0 saturated carbocycles. The highest BCUT2D eigenvalue weighted by Crippen LogP contribution is 2.47. The Morgan fingerprint density at radius 1 is 0.346 bits per heavy atom. The first-order valence-corrected chi connectivity index (χ1v) is 19.4. The van der Waals surface area contributed by atoms with Gasteiger partial charge in [0.1, 0.15) is 0 Å². The van der Waals surface area contributed by atoms with Crippen LogP contribution in [0.1, 0.15) is 0 Å². The quantitative estimate of drug-likeness (QED) is 0.170. The lowest BCUT2D eigenvalue weighted by molar-refractivity contribution is 0.987. The molecular weight excluding hydrogens is 669 g/mol. The topological polar surface area (TPSA) is 9.86 Å². The van der Waals surface area contributed by atoms with Gasteiger partial charge in [-0.15, -0.1) is 22.7 Å². The van der Waals surface area contributed by atoms with E-state index in [0.717, 1.165) is 0 Å². The molecule has 0 aliphatic carbocycles. The number of nitrogens with zero attached hydrogens (tertiary/aromatic N) is 2. The lowest BCUT2D eigenvalue weighted by Gasteiger charge is -2.08. The highest BCUT2D eigenvalue weighted by Gasteiger charge is 2.23. The Bertz CT molecular complexity index is 3260. The molecule has 0 unspecified atom stereocenters. The second-order valence-corrected chi connectivity index (χ2v) is 16.3. The van der Waals surface area contributed by atoms with Crippen molar-refractivity contribution in [3.8, 4) is 22.3 Å². The van der Waals surface area contributed by atoms with Gasteiger partial charge in [0.15, 0.2) is 0 Å². The van der Waals surface area contributed by atoms with Crippen molar-refractivity contribution in [3.05, 3.63) is 146 Å². The molecule has 0 spiro atoms. The van der Waals surface area contributed by atoms with E-state index in [1.807, 2.05) is 22.7 Å². The summed E-state index contributed by atoms with van der Waals surface area (Å²) in [6.07, 6.45) is 0. The first kappa shape index (κ1) is 28.7. The van der Waals surface area contributed by atoms with E-state index in [0.29, 0.717) is 0 Å². The van der Waals surface area contributed by atoms with E-state index in [1.165, 1.54) is 117 Å². The molecule has 12 rings (SSSR count). The Labute approximate surface area is 307 Å². The van der Waals surface area contributed by atoms with Crippen LogP contribution in [0.2, 0.25) is 0 Å². The highest BCUT2D eigenvalue weighted by molar-refractivity contribution is 7.26. The van der Waals surface area contributed by atoms with E-state index >= 15 is 0 Å². The van der Waals surface area contributed by atoms with Crippen molar-refractivity contribution >= 4 is 117 Å². The van der Waals surface area contributed by atoms with Crippen LogP contribution in [-0.2, 0) is 14.1 Å². The minimum absolute atomic E-state index is 1.25. The summed E-state index contributed by atoms with van der Waals surface area (Å²) in [6.45, 7) is 0. The monoisotopic (exact) mass is 698 g/mol. The summed E-state index contributed by atoms with van der Waals surface area (Å²) in [4.78, 5) is 0. The number of rotatable bonds is 2. The predicted octanol–water partition coefficient (Wildman–Crippen LogP) is 14.2. The third-order valence-corrected chi connectivity index (χ3v) is 13.8. The Morgan fingerprint density at radius 3 is 1.21 bits per heavy atom. The van der Waals surface area contributed by atoms with E-state index < -0.39 is 0 Å². The van der Waals surface area contributed by atoms with Gasteiger partial charge in [-0.05, 0) is 69.4 Å². The summed E-state index contributed by atoms with van der Waals surface area (Å²) >= 11 is 3.76. The number of aromatic nitrogens is 2. The molecule has 0 fully saturated rings. The molecule has 0 bridgehead atoms. The molecule has 52 heavy (non-hydrogen) atoms. The van der Waals surface area contributed by atoms with Gasteiger partial charge in [-0.1, -0.05) is 109 Å². The summed E-state index contributed by atoms with van der Waals surface area (Å²) in [5.41, 5.74) is 10.2. The van der Waals surface area contributed by atoms with Crippen LogP contribution in [0.25, 0.3) is 117 Å². The molecule has 2 nitrogen and oxygen atoms in total. The maximum Gasteiger partial charge on any atom is 0.0742 e. The van der Waals surface area contributed by atoms with Gasteiger partial charge in [0, 0.05) is 87.0 Å². The van der Waals surface area contributed by atoms with E-state index in [9.17, 15) is 0 Å². The highest BCUT2D eigenvalue weighted by atomic mass is 32.1. The Hall–Kier alpha value is -5.94. The molecule has 4 aromatic heterocycles. The third kappa shape index (κ3) is 3.68. The van der Waals surface area contributed by atoms with E-state index in [2.05, 4.69) is 169 Å². The lowest BCUT2D eigenvalue weighted by atomic mass is 9.95. The summed E-state index contributed by atoms with van der Waals surface area (Å²) in [5, 5.41) is 13.2. The molecule has 0 radical (unpaired) electrons. The van der Waals surface area contributed by atoms with Gasteiger partial charge in [0.2, 0.25) is 0 Å². The van der Waals surface area contributed by atoms with Crippen molar-refractivity contribution in [2.45, 2.75) is 0 Å². The normalized spacial score (nSPS) is 12.4. The van der Waals surface area contributed by atoms with E-state index in [4.69, 9.17) is 0 Å². The SMILES string of the molecule is Cn1c2cc(-c3cccc4sc5ccccc5c34)ccc2c2c3ccccc3c3c4ccc(-c5cccc6sc7ccccc7c56)cc4n(C)c3c21. The Kier molecular flexibility index (Phi) is 5.70. The third-order valence-electron chi connectivity index (χ3n) is 11.5. The van der Waals surface area contributed by atoms with Crippen molar-refractivity contribution in [2.24, 2.45) is 14.1 Å². The number of aryl methyl sites for hydroxylation is 2. The predicted molar refractivity (Wildman–Crippen MR) is 229 cm³/mol.